The number of carbonyl (C=O) groups excluding carboxylic acids is 3. The molecule has 0 heterocycles. The molecule has 3 amide bonds. The lowest BCUT2D eigenvalue weighted by Gasteiger charge is -2.22. The van der Waals surface area contributed by atoms with Gasteiger partial charge in [-0.1, -0.05) is 26.0 Å². The van der Waals surface area contributed by atoms with Crippen molar-refractivity contribution in [3.63, 3.8) is 0 Å². The lowest BCUT2D eigenvalue weighted by molar-refractivity contribution is -0.124. The Hall–Kier alpha value is -3.42. The van der Waals surface area contributed by atoms with E-state index in [1.54, 1.807) is 38.1 Å². The smallest absolute Gasteiger partial charge is 0.269 e. The van der Waals surface area contributed by atoms with Crippen LogP contribution >= 0.6 is 0 Å². The first-order valence-corrected chi connectivity index (χ1v) is 9.22. The summed E-state index contributed by atoms with van der Waals surface area (Å²) in [6.45, 7) is 5.73. The van der Waals surface area contributed by atoms with Crippen molar-refractivity contribution >= 4 is 17.7 Å². The molecule has 8 heteroatoms. The van der Waals surface area contributed by atoms with Gasteiger partial charge in [0.25, 0.3) is 17.7 Å². The van der Waals surface area contributed by atoms with Gasteiger partial charge < -0.3 is 10.1 Å². The van der Waals surface area contributed by atoms with Crippen molar-refractivity contribution in [3.05, 3.63) is 65.5 Å². The molecule has 0 bridgehead atoms. The zero-order valence-corrected chi connectivity index (χ0v) is 16.5. The molecule has 0 aliphatic heterocycles. The number of hydrogen-bond acceptors (Lipinski definition) is 4. The van der Waals surface area contributed by atoms with Crippen LogP contribution in [0.15, 0.2) is 48.5 Å². The van der Waals surface area contributed by atoms with Gasteiger partial charge in [-0.05, 0) is 49.2 Å². The minimum Gasteiger partial charge on any atom is -0.493 e. The summed E-state index contributed by atoms with van der Waals surface area (Å²) in [5.74, 6) is -1.96. The second kappa shape index (κ2) is 10.2. The van der Waals surface area contributed by atoms with Gasteiger partial charge in [-0.3, -0.25) is 25.2 Å². The molecule has 2 rings (SSSR count). The Bertz CT molecular complexity index is 868. The van der Waals surface area contributed by atoms with Crippen LogP contribution in [0.1, 0.15) is 41.5 Å². The summed E-state index contributed by atoms with van der Waals surface area (Å²) in [4.78, 5) is 37.2. The van der Waals surface area contributed by atoms with Gasteiger partial charge in [0.2, 0.25) is 0 Å². The monoisotopic (exact) mass is 401 g/mol. The van der Waals surface area contributed by atoms with Gasteiger partial charge in [0.05, 0.1) is 12.2 Å². The van der Waals surface area contributed by atoms with Gasteiger partial charge in [0.15, 0.2) is 0 Å². The number of rotatable bonds is 7. The fraction of sp³-hybridized carbons (Fsp3) is 0.286. The van der Waals surface area contributed by atoms with E-state index in [2.05, 4.69) is 16.2 Å². The molecule has 0 saturated carbocycles. The third-order valence-corrected chi connectivity index (χ3v) is 4.07. The Morgan fingerprint density at radius 1 is 0.966 bits per heavy atom. The largest absolute Gasteiger partial charge is 0.493 e. The highest BCUT2D eigenvalue weighted by Crippen LogP contribution is 2.18. The lowest BCUT2D eigenvalue weighted by atomic mass is 10.0. The second-order valence-corrected chi connectivity index (χ2v) is 6.57. The standard InChI is InChI=1S/C21H24FN3O4/c1-4-29-17-8-6-5-7-16(17)20(27)23-18(13(2)3)21(28)25-24-19(26)14-9-11-15(22)12-10-14/h5-13,18H,4H2,1-3H3,(H,23,27)(H,24,26)(H,25,28)/t18-/m0/s1. The van der Waals surface area contributed by atoms with Crippen molar-refractivity contribution in [2.45, 2.75) is 26.8 Å². The van der Waals surface area contributed by atoms with Gasteiger partial charge >= 0.3 is 0 Å². The van der Waals surface area contributed by atoms with E-state index in [0.29, 0.717) is 17.9 Å². The molecule has 0 fully saturated rings. The van der Waals surface area contributed by atoms with E-state index in [-0.39, 0.29) is 11.5 Å². The number of carbonyl (C=O) groups is 3. The molecule has 0 aliphatic carbocycles. The number of hydrogen-bond donors (Lipinski definition) is 3. The Labute approximate surface area is 168 Å². The molecular weight excluding hydrogens is 377 g/mol. The van der Waals surface area contributed by atoms with Crippen LogP contribution < -0.4 is 20.9 Å². The SMILES string of the molecule is CCOc1ccccc1C(=O)N[C@H](C(=O)NNC(=O)c1ccc(F)cc1)C(C)C. The summed E-state index contributed by atoms with van der Waals surface area (Å²) in [6, 6.07) is 10.7. The quantitative estimate of drug-likeness (QED) is 0.621. The number of nitrogens with one attached hydrogen (secondary N) is 3. The van der Waals surface area contributed by atoms with Crippen LogP contribution in [-0.4, -0.2) is 30.4 Å². The zero-order chi connectivity index (χ0) is 21.4. The fourth-order valence-electron chi connectivity index (χ4n) is 2.56. The highest BCUT2D eigenvalue weighted by atomic mass is 19.1. The van der Waals surface area contributed by atoms with Crippen molar-refractivity contribution < 1.29 is 23.5 Å². The molecule has 0 aromatic heterocycles. The Morgan fingerprint density at radius 2 is 1.62 bits per heavy atom. The van der Waals surface area contributed by atoms with Crippen LogP contribution in [0.3, 0.4) is 0 Å². The minimum atomic E-state index is -0.897. The van der Waals surface area contributed by atoms with Crippen LogP contribution in [-0.2, 0) is 4.79 Å². The number of amides is 3. The third kappa shape index (κ3) is 6.03. The molecule has 0 spiro atoms. The van der Waals surface area contributed by atoms with E-state index in [4.69, 9.17) is 4.74 Å². The van der Waals surface area contributed by atoms with E-state index < -0.39 is 29.6 Å². The average molecular weight is 401 g/mol. The number of halogens is 1. The Kier molecular flexibility index (Phi) is 7.70. The number of ether oxygens (including phenoxy) is 1. The summed E-state index contributed by atoms with van der Waals surface area (Å²) in [7, 11) is 0. The summed E-state index contributed by atoms with van der Waals surface area (Å²) >= 11 is 0. The third-order valence-electron chi connectivity index (χ3n) is 4.07. The maximum Gasteiger partial charge on any atom is 0.269 e. The summed E-state index contributed by atoms with van der Waals surface area (Å²) in [6.07, 6.45) is 0. The first-order valence-electron chi connectivity index (χ1n) is 9.22. The molecule has 0 aliphatic rings. The normalized spacial score (nSPS) is 11.5. The predicted octanol–water partition coefficient (Wildman–Crippen LogP) is 2.44. The van der Waals surface area contributed by atoms with E-state index in [1.807, 2.05) is 6.92 Å². The Morgan fingerprint density at radius 3 is 2.24 bits per heavy atom. The van der Waals surface area contributed by atoms with E-state index >= 15 is 0 Å². The molecule has 1 atom stereocenters. The van der Waals surface area contributed by atoms with Gasteiger partial charge in [-0.2, -0.15) is 0 Å². The lowest BCUT2D eigenvalue weighted by Crippen LogP contribution is -2.54. The van der Waals surface area contributed by atoms with Crippen LogP contribution in [0.4, 0.5) is 4.39 Å². The predicted molar refractivity (Wildman–Crippen MR) is 106 cm³/mol. The highest BCUT2D eigenvalue weighted by molar-refractivity contribution is 6.00. The molecule has 2 aromatic rings. The molecule has 0 saturated heterocycles. The van der Waals surface area contributed by atoms with Crippen LogP contribution in [0.2, 0.25) is 0 Å². The van der Waals surface area contributed by atoms with Crippen molar-refractivity contribution in [3.8, 4) is 5.75 Å². The summed E-state index contributed by atoms with van der Waals surface area (Å²) < 4.78 is 18.4. The first kappa shape index (κ1) is 21.9. The number of hydrazine groups is 1. The molecule has 3 N–H and O–H groups in total. The number of para-hydroxylation sites is 1. The van der Waals surface area contributed by atoms with Gasteiger partial charge in [-0.15, -0.1) is 0 Å². The molecule has 0 radical (unpaired) electrons. The summed E-state index contributed by atoms with van der Waals surface area (Å²) in [5, 5.41) is 2.67. The van der Waals surface area contributed by atoms with Gasteiger partial charge in [0, 0.05) is 5.56 Å². The van der Waals surface area contributed by atoms with Crippen molar-refractivity contribution in [1.29, 1.82) is 0 Å². The van der Waals surface area contributed by atoms with Gasteiger partial charge in [-0.25, -0.2) is 4.39 Å². The van der Waals surface area contributed by atoms with Crippen molar-refractivity contribution in [2.75, 3.05) is 6.61 Å². The number of benzene rings is 2. The molecule has 2 aromatic carbocycles. The molecule has 7 nitrogen and oxygen atoms in total. The minimum absolute atomic E-state index is 0.183. The Balaban J connectivity index is 2.03. The zero-order valence-electron chi connectivity index (χ0n) is 16.5. The van der Waals surface area contributed by atoms with Crippen LogP contribution in [0.25, 0.3) is 0 Å². The molecule has 29 heavy (non-hydrogen) atoms. The van der Waals surface area contributed by atoms with Crippen LogP contribution in [0.5, 0.6) is 5.75 Å². The maximum atomic E-state index is 12.9. The van der Waals surface area contributed by atoms with E-state index in [1.165, 1.54) is 12.1 Å². The highest BCUT2D eigenvalue weighted by Gasteiger charge is 2.26. The van der Waals surface area contributed by atoms with Crippen molar-refractivity contribution in [1.82, 2.24) is 16.2 Å². The molecule has 154 valence electrons. The van der Waals surface area contributed by atoms with Gasteiger partial charge in [0.1, 0.15) is 17.6 Å². The van der Waals surface area contributed by atoms with E-state index in [0.717, 1.165) is 12.1 Å². The van der Waals surface area contributed by atoms with Crippen LogP contribution in [0, 0.1) is 11.7 Å². The van der Waals surface area contributed by atoms with E-state index in [9.17, 15) is 18.8 Å². The average Bonchev–Trinajstić information content (AvgIpc) is 2.70. The molecular formula is C21H24FN3O4. The second-order valence-electron chi connectivity index (χ2n) is 6.57. The fourth-order valence-corrected chi connectivity index (χ4v) is 2.56. The molecule has 0 unspecified atom stereocenters. The first-order chi connectivity index (χ1) is 13.8. The topological polar surface area (TPSA) is 96.5 Å². The summed E-state index contributed by atoms with van der Waals surface area (Å²) in [5.41, 5.74) is 5.05. The maximum absolute atomic E-state index is 12.9. The van der Waals surface area contributed by atoms with Crippen molar-refractivity contribution in [2.24, 2.45) is 5.92 Å².